The summed E-state index contributed by atoms with van der Waals surface area (Å²) in [5, 5.41) is 1.29. The lowest BCUT2D eigenvalue weighted by molar-refractivity contribution is -0.138. The molecule has 1 aliphatic heterocycles. The van der Waals surface area contributed by atoms with Crippen molar-refractivity contribution in [2.75, 3.05) is 0 Å². The van der Waals surface area contributed by atoms with Crippen LogP contribution in [-0.4, -0.2) is 14.0 Å². The average molecular weight is 244 g/mol. The van der Waals surface area contributed by atoms with E-state index in [9.17, 15) is 4.79 Å². The maximum atomic E-state index is 11.6. The quantitative estimate of drug-likeness (QED) is 0.327. The molecule has 3 heteroatoms. The number of carbonyl (C=O) groups excluding carboxylic acids is 1. The molecule has 17 heavy (non-hydrogen) atoms. The molecular weight excluding hydrogens is 228 g/mol. The summed E-state index contributed by atoms with van der Waals surface area (Å²) in [6.07, 6.45) is 5.90. The van der Waals surface area contributed by atoms with Gasteiger partial charge in [0, 0.05) is 6.42 Å². The Balaban J connectivity index is 2.40. The monoisotopic (exact) mass is 244 g/mol. The van der Waals surface area contributed by atoms with Crippen LogP contribution in [0.3, 0.4) is 0 Å². The van der Waals surface area contributed by atoms with Gasteiger partial charge in [0.15, 0.2) is 0 Å². The van der Waals surface area contributed by atoms with Crippen LogP contribution in [0.4, 0.5) is 0 Å². The Morgan fingerprint density at radius 2 is 2.12 bits per heavy atom. The van der Waals surface area contributed by atoms with Gasteiger partial charge < -0.3 is 4.74 Å². The number of hydrogen-bond acceptors (Lipinski definition) is 2. The molecule has 0 amide bonds. The molecular formula is C14H16O2Si. The van der Waals surface area contributed by atoms with E-state index in [1.165, 1.54) is 5.19 Å². The molecule has 88 valence electrons. The summed E-state index contributed by atoms with van der Waals surface area (Å²) >= 11 is 0. The van der Waals surface area contributed by atoms with E-state index >= 15 is 0 Å². The Morgan fingerprint density at radius 3 is 2.71 bits per heavy atom. The molecule has 1 aromatic rings. The fourth-order valence-electron chi connectivity index (χ4n) is 1.89. The molecule has 0 aliphatic carbocycles. The third-order valence-electron chi connectivity index (χ3n) is 3.05. The highest BCUT2D eigenvalue weighted by Crippen LogP contribution is 2.27. The molecule has 0 aromatic heterocycles. The number of esters is 1. The summed E-state index contributed by atoms with van der Waals surface area (Å²) in [5.41, 5.74) is 1.04. The van der Waals surface area contributed by atoms with Crippen molar-refractivity contribution >= 4 is 19.2 Å². The normalized spacial score (nSPS) is 19.2. The number of hydrogen-bond donors (Lipinski definition) is 0. The molecule has 0 radical (unpaired) electrons. The summed E-state index contributed by atoms with van der Waals surface area (Å²) < 4.78 is 5.31. The van der Waals surface area contributed by atoms with Crippen LogP contribution in [0.5, 0.6) is 5.75 Å². The first-order valence-electron chi connectivity index (χ1n) is 5.73. The number of benzene rings is 1. The highest BCUT2D eigenvalue weighted by Gasteiger charge is 2.28. The molecule has 0 saturated carbocycles. The van der Waals surface area contributed by atoms with Gasteiger partial charge in [-0.15, -0.1) is 6.42 Å². The number of terminal acetylenes is 1. The van der Waals surface area contributed by atoms with E-state index < -0.39 is 14.0 Å². The van der Waals surface area contributed by atoms with Crippen molar-refractivity contribution in [1.82, 2.24) is 0 Å². The summed E-state index contributed by atoms with van der Waals surface area (Å²) in [4.78, 5) is 11.6. The van der Waals surface area contributed by atoms with Crippen LogP contribution in [0, 0.1) is 18.3 Å². The van der Waals surface area contributed by atoms with Crippen molar-refractivity contribution in [3.05, 3.63) is 23.8 Å². The van der Waals surface area contributed by atoms with Gasteiger partial charge in [0.1, 0.15) is 11.7 Å². The van der Waals surface area contributed by atoms with E-state index in [2.05, 4.69) is 31.6 Å². The van der Waals surface area contributed by atoms with Crippen LogP contribution in [0.15, 0.2) is 18.2 Å². The van der Waals surface area contributed by atoms with Crippen molar-refractivity contribution in [2.45, 2.75) is 26.1 Å². The predicted octanol–water partition coefficient (Wildman–Crippen LogP) is 1.94. The average Bonchev–Trinajstić information content (AvgIpc) is 2.26. The topological polar surface area (TPSA) is 26.3 Å². The molecule has 0 spiro atoms. The van der Waals surface area contributed by atoms with Gasteiger partial charge >= 0.3 is 5.97 Å². The minimum Gasteiger partial charge on any atom is -0.425 e. The van der Waals surface area contributed by atoms with Gasteiger partial charge in [0.2, 0.25) is 0 Å². The number of fused-ring (bicyclic) bond motifs is 1. The zero-order valence-corrected chi connectivity index (χ0v) is 11.4. The van der Waals surface area contributed by atoms with Crippen LogP contribution < -0.4 is 9.92 Å². The lowest BCUT2D eigenvalue weighted by atomic mass is 9.97. The Kier molecular flexibility index (Phi) is 2.84. The molecule has 1 atom stereocenters. The van der Waals surface area contributed by atoms with Gasteiger partial charge in [-0.3, -0.25) is 4.79 Å². The minimum atomic E-state index is -1.37. The van der Waals surface area contributed by atoms with Crippen LogP contribution in [0.1, 0.15) is 5.56 Å². The fraction of sp³-hybridized carbons (Fsp3) is 0.357. The molecule has 0 fully saturated rings. The van der Waals surface area contributed by atoms with E-state index in [0.717, 1.165) is 5.56 Å². The maximum Gasteiger partial charge on any atom is 0.326 e. The third-order valence-corrected chi connectivity index (χ3v) is 5.10. The first-order chi connectivity index (χ1) is 7.91. The van der Waals surface area contributed by atoms with Crippen molar-refractivity contribution in [1.29, 1.82) is 0 Å². The number of rotatable bonds is 1. The molecule has 0 saturated heterocycles. The lowest BCUT2D eigenvalue weighted by Gasteiger charge is -2.23. The molecule has 0 bridgehead atoms. The zero-order chi connectivity index (χ0) is 12.6. The van der Waals surface area contributed by atoms with E-state index in [1.54, 1.807) is 0 Å². The second-order valence-corrected chi connectivity index (χ2v) is 10.5. The third kappa shape index (κ3) is 2.27. The van der Waals surface area contributed by atoms with E-state index in [0.29, 0.717) is 12.2 Å². The van der Waals surface area contributed by atoms with Crippen molar-refractivity contribution in [3.63, 3.8) is 0 Å². The second-order valence-electron chi connectivity index (χ2n) is 5.42. The minimum absolute atomic E-state index is 0.298. The van der Waals surface area contributed by atoms with Gasteiger partial charge in [-0.05, 0) is 11.6 Å². The van der Waals surface area contributed by atoms with Crippen LogP contribution in [0.2, 0.25) is 19.6 Å². The first kappa shape index (κ1) is 11.9. The highest BCUT2D eigenvalue weighted by atomic mass is 28.3. The molecule has 0 N–H and O–H groups in total. The van der Waals surface area contributed by atoms with Crippen LogP contribution in [-0.2, 0) is 11.2 Å². The predicted molar refractivity (Wildman–Crippen MR) is 71.1 cm³/mol. The van der Waals surface area contributed by atoms with Gasteiger partial charge in [-0.2, -0.15) is 0 Å². The standard InChI is InChI=1S/C14H16O2Si/c1-5-10-8-11-6-7-12(17(2,3)4)9-13(11)16-14(10)15/h1,6-7,9-10H,8H2,2-4H3. The van der Waals surface area contributed by atoms with Crippen molar-refractivity contribution < 1.29 is 9.53 Å². The number of ether oxygens (including phenoxy) is 1. The second kappa shape index (κ2) is 4.05. The van der Waals surface area contributed by atoms with Gasteiger partial charge in [0.25, 0.3) is 0 Å². The van der Waals surface area contributed by atoms with Gasteiger partial charge in [-0.1, -0.05) is 42.9 Å². The highest BCUT2D eigenvalue weighted by molar-refractivity contribution is 6.88. The fourth-order valence-corrected chi connectivity index (χ4v) is 3.04. The molecule has 1 unspecified atom stereocenters. The lowest BCUT2D eigenvalue weighted by Crippen LogP contribution is -2.38. The molecule has 1 heterocycles. The van der Waals surface area contributed by atoms with Crippen molar-refractivity contribution in [3.8, 4) is 18.1 Å². The summed E-state index contributed by atoms with van der Waals surface area (Å²) in [5.74, 6) is 2.44. The molecule has 2 rings (SSSR count). The number of carbonyl (C=O) groups is 1. The van der Waals surface area contributed by atoms with Crippen LogP contribution >= 0.6 is 0 Å². The Bertz CT molecular complexity index is 506. The molecule has 2 nitrogen and oxygen atoms in total. The van der Waals surface area contributed by atoms with Crippen molar-refractivity contribution in [2.24, 2.45) is 5.92 Å². The largest absolute Gasteiger partial charge is 0.425 e. The summed E-state index contributed by atoms with van der Waals surface area (Å²) in [7, 11) is -1.37. The molecule has 1 aromatic carbocycles. The summed E-state index contributed by atoms with van der Waals surface area (Å²) in [6.45, 7) is 6.80. The van der Waals surface area contributed by atoms with Crippen LogP contribution in [0.25, 0.3) is 0 Å². The van der Waals surface area contributed by atoms with Gasteiger partial charge in [-0.25, -0.2) is 0 Å². The Morgan fingerprint density at radius 1 is 1.41 bits per heavy atom. The SMILES string of the molecule is C#CC1Cc2ccc([Si](C)(C)C)cc2OC1=O. The smallest absolute Gasteiger partial charge is 0.326 e. The maximum absolute atomic E-state index is 11.6. The zero-order valence-electron chi connectivity index (χ0n) is 10.4. The Labute approximate surface area is 103 Å². The van der Waals surface area contributed by atoms with E-state index in [1.807, 2.05) is 12.1 Å². The summed E-state index contributed by atoms with van der Waals surface area (Å²) in [6, 6.07) is 6.18. The first-order valence-corrected chi connectivity index (χ1v) is 9.23. The molecule has 1 aliphatic rings. The van der Waals surface area contributed by atoms with Gasteiger partial charge in [0.05, 0.1) is 8.07 Å². The van der Waals surface area contributed by atoms with E-state index in [4.69, 9.17) is 11.2 Å². The van der Waals surface area contributed by atoms with E-state index in [-0.39, 0.29) is 5.97 Å². The Hall–Kier alpha value is -1.53.